The quantitative estimate of drug-likeness (QED) is 0.878. The maximum atomic E-state index is 12.3. The Hall–Kier alpha value is -1.55. The van der Waals surface area contributed by atoms with Gasteiger partial charge in [-0.3, -0.25) is 4.79 Å². The number of ether oxygens (including phenoxy) is 1. The molecule has 0 radical (unpaired) electrons. The molecule has 4 heteroatoms. The van der Waals surface area contributed by atoms with Crippen LogP contribution in [-0.2, 0) is 11.2 Å². The van der Waals surface area contributed by atoms with Gasteiger partial charge in [-0.25, -0.2) is 0 Å². The molecule has 2 aliphatic rings. The molecule has 0 spiro atoms. The van der Waals surface area contributed by atoms with Crippen molar-refractivity contribution >= 4 is 5.91 Å². The van der Waals surface area contributed by atoms with Gasteiger partial charge in [0.1, 0.15) is 12.4 Å². The molecule has 3 rings (SSSR count). The van der Waals surface area contributed by atoms with E-state index in [4.69, 9.17) is 4.74 Å². The number of carbonyl (C=O) groups excluding carboxylic acids is 1. The molecule has 0 aliphatic carbocycles. The Morgan fingerprint density at radius 2 is 2.35 bits per heavy atom. The number of amides is 1. The average Bonchev–Trinajstić information content (AvgIpc) is 2.91. The van der Waals surface area contributed by atoms with Crippen molar-refractivity contribution in [1.29, 1.82) is 0 Å². The molecule has 2 aliphatic heterocycles. The zero-order valence-corrected chi connectivity index (χ0v) is 11.9. The van der Waals surface area contributed by atoms with Gasteiger partial charge in [0.25, 0.3) is 0 Å². The van der Waals surface area contributed by atoms with Crippen LogP contribution in [0, 0.1) is 5.92 Å². The largest absolute Gasteiger partial charge is 0.492 e. The van der Waals surface area contributed by atoms with Crippen LogP contribution in [0.5, 0.6) is 5.75 Å². The van der Waals surface area contributed by atoms with Crippen molar-refractivity contribution in [3.05, 3.63) is 29.8 Å². The van der Waals surface area contributed by atoms with Gasteiger partial charge < -0.3 is 15.4 Å². The lowest BCUT2D eigenvalue weighted by Crippen LogP contribution is -2.49. The minimum Gasteiger partial charge on any atom is -0.492 e. The summed E-state index contributed by atoms with van der Waals surface area (Å²) in [6.07, 6.45) is 3.08. The van der Waals surface area contributed by atoms with Crippen molar-refractivity contribution in [2.75, 3.05) is 19.7 Å². The molecule has 1 aromatic rings. The van der Waals surface area contributed by atoms with E-state index in [0.717, 1.165) is 30.7 Å². The average molecular weight is 274 g/mol. The second-order valence-electron chi connectivity index (χ2n) is 6.13. The molecule has 1 fully saturated rings. The molecule has 2 atom stereocenters. The highest BCUT2D eigenvalue weighted by atomic mass is 16.5. The SMILES string of the molecule is CC1(CNC(=O)C2COc3ccccc3C2)CCCN1. The van der Waals surface area contributed by atoms with Crippen LogP contribution in [0.2, 0.25) is 0 Å². The van der Waals surface area contributed by atoms with Gasteiger partial charge in [-0.1, -0.05) is 18.2 Å². The van der Waals surface area contributed by atoms with Gasteiger partial charge in [-0.05, 0) is 44.4 Å². The molecule has 4 nitrogen and oxygen atoms in total. The minimum absolute atomic E-state index is 0.0586. The third-order valence-electron chi connectivity index (χ3n) is 4.36. The number of carbonyl (C=O) groups is 1. The summed E-state index contributed by atoms with van der Waals surface area (Å²) in [4.78, 5) is 12.3. The monoisotopic (exact) mass is 274 g/mol. The molecule has 1 amide bonds. The van der Waals surface area contributed by atoms with Gasteiger partial charge in [0.05, 0.1) is 5.92 Å². The molecule has 0 aromatic heterocycles. The highest BCUT2D eigenvalue weighted by Gasteiger charge is 2.31. The highest BCUT2D eigenvalue weighted by Crippen LogP contribution is 2.27. The van der Waals surface area contributed by atoms with Crippen LogP contribution in [0.1, 0.15) is 25.3 Å². The summed E-state index contributed by atoms with van der Waals surface area (Å²) in [6, 6.07) is 7.96. The lowest BCUT2D eigenvalue weighted by atomic mass is 9.95. The number of rotatable bonds is 3. The fraction of sp³-hybridized carbons (Fsp3) is 0.562. The molecular weight excluding hydrogens is 252 g/mol. The van der Waals surface area contributed by atoms with Crippen molar-refractivity contribution in [1.82, 2.24) is 10.6 Å². The third-order valence-corrected chi connectivity index (χ3v) is 4.36. The van der Waals surface area contributed by atoms with Gasteiger partial charge in [-0.15, -0.1) is 0 Å². The molecule has 108 valence electrons. The first-order valence-corrected chi connectivity index (χ1v) is 7.40. The third kappa shape index (κ3) is 2.80. The first-order chi connectivity index (χ1) is 9.66. The molecule has 0 saturated carbocycles. The maximum Gasteiger partial charge on any atom is 0.226 e. The number of hydrogen-bond donors (Lipinski definition) is 2. The second kappa shape index (κ2) is 5.44. The summed E-state index contributed by atoms with van der Waals surface area (Å²) in [5.74, 6) is 0.949. The highest BCUT2D eigenvalue weighted by molar-refractivity contribution is 5.79. The fourth-order valence-corrected chi connectivity index (χ4v) is 3.03. The van der Waals surface area contributed by atoms with E-state index in [-0.39, 0.29) is 17.4 Å². The smallest absolute Gasteiger partial charge is 0.226 e. The topological polar surface area (TPSA) is 50.4 Å². The van der Waals surface area contributed by atoms with Crippen LogP contribution in [0.25, 0.3) is 0 Å². The first kappa shape index (κ1) is 13.4. The number of para-hydroxylation sites is 1. The van der Waals surface area contributed by atoms with Crippen molar-refractivity contribution < 1.29 is 9.53 Å². The van der Waals surface area contributed by atoms with Crippen LogP contribution >= 0.6 is 0 Å². The molecule has 2 N–H and O–H groups in total. The predicted octanol–water partition coefficient (Wildman–Crippen LogP) is 1.50. The van der Waals surface area contributed by atoms with Crippen molar-refractivity contribution in [3.63, 3.8) is 0 Å². The van der Waals surface area contributed by atoms with E-state index in [1.807, 2.05) is 24.3 Å². The van der Waals surface area contributed by atoms with E-state index >= 15 is 0 Å². The Labute approximate surface area is 119 Å². The van der Waals surface area contributed by atoms with Crippen molar-refractivity contribution in [2.45, 2.75) is 31.7 Å². The number of nitrogens with one attached hydrogen (secondary N) is 2. The van der Waals surface area contributed by atoms with Gasteiger partial charge in [0.15, 0.2) is 0 Å². The van der Waals surface area contributed by atoms with E-state index < -0.39 is 0 Å². The van der Waals surface area contributed by atoms with Gasteiger partial charge in [-0.2, -0.15) is 0 Å². The lowest BCUT2D eigenvalue weighted by molar-refractivity contribution is -0.126. The van der Waals surface area contributed by atoms with E-state index in [2.05, 4.69) is 17.6 Å². The summed E-state index contributed by atoms with van der Waals surface area (Å²) in [7, 11) is 0. The molecule has 0 bridgehead atoms. The fourth-order valence-electron chi connectivity index (χ4n) is 3.03. The Bertz CT molecular complexity index is 495. The molecule has 2 unspecified atom stereocenters. The summed E-state index contributed by atoms with van der Waals surface area (Å²) in [6.45, 7) is 4.40. The Morgan fingerprint density at radius 1 is 1.50 bits per heavy atom. The van der Waals surface area contributed by atoms with Crippen LogP contribution in [0.15, 0.2) is 24.3 Å². The molecule has 1 aromatic carbocycles. The van der Waals surface area contributed by atoms with Gasteiger partial charge >= 0.3 is 0 Å². The summed E-state index contributed by atoms with van der Waals surface area (Å²) >= 11 is 0. The van der Waals surface area contributed by atoms with Crippen LogP contribution in [-0.4, -0.2) is 31.1 Å². The normalized spacial score (nSPS) is 28.6. The second-order valence-corrected chi connectivity index (χ2v) is 6.13. The standard InChI is InChI=1S/C16H22N2O2/c1-16(7-4-8-18-16)11-17-15(19)13-9-12-5-2-3-6-14(12)20-10-13/h2-3,5-6,13,18H,4,7-11H2,1H3,(H,17,19). The Balaban J connectivity index is 1.56. The van der Waals surface area contributed by atoms with Gasteiger partial charge in [0, 0.05) is 12.1 Å². The minimum atomic E-state index is -0.0742. The summed E-state index contributed by atoms with van der Waals surface area (Å²) in [5.41, 5.74) is 1.19. The maximum absolute atomic E-state index is 12.3. The molecular formula is C16H22N2O2. The van der Waals surface area contributed by atoms with Crippen LogP contribution < -0.4 is 15.4 Å². The van der Waals surface area contributed by atoms with E-state index in [0.29, 0.717) is 13.2 Å². The first-order valence-electron chi connectivity index (χ1n) is 7.40. The number of hydrogen-bond acceptors (Lipinski definition) is 3. The van der Waals surface area contributed by atoms with Crippen LogP contribution in [0.4, 0.5) is 0 Å². The van der Waals surface area contributed by atoms with Gasteiger partial charge in [0.2, 0.25) is 5.91 Å². The molecule has 1 saturated heterocycles. The summed E-state index contributed by atoms with van der Waals surface area (Å²) in [5, 5.41) is 6.55. The van der Waals surface area contributed by atoms with E-state index in [1.54, 1.807) is 0 Å². The summed E-state index contributed by atoms with van der Waals surface area (Å²) < 4.78 is 5.68. The zero-order valence-electron chi connectivity index (χ0n) is 11.9. The van der Waals surface area contributed by atoms with Crippen LogP contribution in [0.3, 0.4) is 0 Å². The lowest BCUT2D eigenvalue weighted by Gasteiger charge is -2.28. The Kier molecular flexibility index (Phi) is 3.66. The van der Waals surface area contributed by atoms with E-state index in [9.17, 15) is 4.79 Å². The molecule has 2 heterocycles. The number of benzene rings is 1. The molecule has 20 heavy (non-hydrogen) atoms. The van der Waals surface area contributed by atoms with E-state index in [1.165, 1.54) is 6.42 Å². The van der Waals surface area contributed by atoms with Crippen molar-refractivity contribution in [3.8, 4) is 5.75 Å². The number of fused-ring (bicyclic) bond motifs is 1. The Morgan fingerprint density at radius 3 is 3.15 bits per heavy atom. The zero-order chi connectivity index (χ0) is 14.0. The van der Waals surface area contributed by atoms with Crippen molar-refractivity contribution in [2.24, 2.45) is 5.92 Å². The predicted molar refractivity (Wildman–Crippen MR) is 77.8 cm³/mol.